The molecule has 4 heteroatoms. The standard InChI is InChI=1S/C12H7Cl2NO/c13-9-3-1-8(2-4-9)12(16)11-6-5-10(14)7-15-11/h1-7H. The third-order valence-corrected chi connectivity index (χ3v) is 2.54. The Balaban J connectivity index is 2.32. The second-order valence-electron chi connectivity index (χ2n) is 3.20. The third kappa shape index (κ3) is 2.40. The highest BCUT2D eigenvalue weighted by atomic mass is 35.5. The Morgan fingerprint density at radius 3 is 2.12 bits per heavy atom. The van der Waals surface area contributed by atoms with E-state index in [1.54, 1.807) is 36.4 Å². The van der Waals surface area contributed by atoms with Crippen molar-refractivity contribution >= 4 is 29.0 Å². The first-order valence-electron chi connectivity index (χ1n) is 4.58. The van der Waals surface area contributed by atoms with Crippen molar-refractivity contribution in [2.45, 2.75) is 0 Å². The number of nitrogens with zero attached hydrogens (tertiary/aromatic N) is 1. The van der Waals surface area contributed by atoms with Crippen LogP contribution in [0.2, 0.25) is 10.0 Å². The van der Waals surface area contributed by atoms with E-state index in [1.165, 1.54) is 6.20 Å². The third-order valence-electron chi connectivity index (χ3n) is 2.07. The molecule has 0 amide bonds. The molecule has 0 fully saturated rings. The smallest absolute Gasteiger partial charge is 0.211 e. The quantitative estimate of drug-likeness (QED) is 0.764. The van der Waals surface area contributed by atoms with E-state index in [0.29, 0.717) is 21.3 Å². The van der Waals surface area contributed by atoms with Gasteiger partial charge in [0, 0.05) is 16.8 Å². The number of hydrogen-bond acceptors (Lipinski definition) is 2. The van der Waals surface area contributed by atoms with Crippen molar-refractivity contribution in [1.82, 2.24) is 4.98 Å². The van der Waals surface area contributed by atoms with Gasteiger partial charge in [-0.1, -0.05) is 23.2 Å². The molecule has 0 aliphatic heterocycles. The van der Waals surface area contributed by atoms with Gasteiger partial charge >= 0.3 is 0 Å². The van der Waals surface area contributed by atoms with Crippen molar-refractivity contribution in [3.8, 4) is 0 Å². The summed E-state index contributed by atoms with van der Waals surface area (Å²) in [6.07, 6.45) is 1.45. The molecule has 1 heterocycles. The van der Waals surface area contributed by atoms with Crippen molar-refractivity contribution in [2.75, 3.05) is 0 Å². The van der Waals surface area contributed by atoms with E-state index in [4.69, 9.17) is 23.2 Å². The molecule has 0 saturated heterocycles. The summed E-state index contributed by atoms with van der Waals surface area (Å²) >= 11 is 11.4. The Hall–Kier alpha value is -1.38. The highest BCUT2D eigenvalue weighted by Crippen LogP contribution is 2.14. The predicted octanol–water partition coefficient (Wildman–Crippen LogP) is 3.62. The van der Waals surface area contributed by atoms with Crippen molar-refractivity contribution < 1.29 is 4.79 Å². The Bertz CT molecular complexity index is 458. The van der Waals surface area contributed by atoms with Crippen LogP contribution in [0.5, 0.6) is 0 Å². The fraction of sp³-hybridized carbons (Fsp3) is 0. The van der Waals surface area contributed by atoms with Crippen LogP contribution in [0.1, 0.15) is 16.1 Å². The lowest BCUT2D eigenvalue weighted by atomic mass is 10.1. The van der Waals surface area contributed by atoms with Crippen molar-refractivity contribution in [3.63, 3.8) is 0 Å². The molecule has 2 rings (SSSR count). The van der Waals surface area contributed by atoms with Gasteiger partial charge in [-0.05, 0) is 36.4 Å². The average molecular weight is 252 g/mol. The maximum Gasteiger partial charge on any atom is 0.211 e. The first-order valence-corrected chi connectivity index (χ1v) is 5.34. The molecule has 0 aliphatic carbocycles. The summed E-state index contributed by atoms with van der Waals surface area (Å²) in [4.78, 5) is 15.9. The summed E-state index contributed by atoms with van der Waals surface area (Å²) in [5, 5.41) is 1.10. The first kappa shape index (κ1) is 11.1. The van der Waals surface area contributed by atoms with Crippen LogP contribution in [0.3, 0.4) is 0 Å². The van der Waals surface area contributed by atoms with Crippen LogP contribution in [-0.2, 0) is 0 Å². The highest BCUT2D eigenvalue weighted by molar-refractivity contribution is 6.31. The van der Waals surface area contributed by atoms with E-state index in [2.05, 4.69) is 4.98 Å². The van der Waals surface area contributed by atoms with Crippen molar-refractivity contribution in [2.24, 2.45) is 0 Å². The van der Waals surface area contributed by atoms with E-state index >= 15 is 0 Å². The normalized spacial score (nSPS) is 10.1. The maximum absolute atomic E-state index is 11.9. The van der Waals surface area contributed by atoms with Gasteiger partial charge in [0.25, 0.3) is 0 Å². The molecule has 2 nitrogen and oxygen atoms in total. The number of ketones is 1. The van der Waals surface area contributed by atoms with Crippen LogP contribution in [0.25, 0.3) is 0 Å². The van der Waals surface area contributed by atoms with Gasteiger partial charge in [0.15, 0.2) is 0 Å². The summed E-state index contributed by atoms with van der Waals surface area (Å²) in [6.45, 7) is 0. The number of rotatable bonds is 2. The molecule has 0 unspecified atom stereocenters. The SMILES string of the molecule is O=C(c1ccc(Cl)cc1)c1ccc(Cl)cn1. The second kappa shape index (κ2) is 4.64. The van der Waals surface area contributed by atoms with Gasteiger partial charge < -0.3 is 0 Å². The minimum Gasteiger partial charge on any atom is -0.287 e. The van der Waals surface area contributed by atoms with Crippen LogP contribution in [0.4, 0.5) is 0 Å². The molecule has 0 aliphatic rings. The predicted molar refractivity (Wildman–Crippen MR) is 64.1 cm³/mol. The Labute approximate surface area is 103 Å². The Morgan fingerprint density at radius 2 is 1.56 bits per heavy atom. The Kier molecular flexibility index (Phi) is 3.22. The summed E-state index contributed by atoms with van der Waals surface area (Å²) in [7, 11) is 0. The minimum absolute atomic E-state index is 0.145. The number of pyridine rings is 1. The number of carbonyl (C=O) groups excluding carboxylic acids is 1. The molecule has 2 aromatic rings. The fourth-order valence-electron chi connectivity index (χ4n) is 1.26. The number of halogens is 2. The fourth-order valence-corrected chi connectivity index (χ4v) is 1.50. The van der Waals surface area contributed by atoms with Crippen molar-refractivity contribution in [3.05, 3.63) is 63.9 Å². The summed E-state index contributed by atoms with van der Waals surface area (Å²) in [5.74, 6) is -0.145. The molecule has 1 aromatic carbocycles. The number of hydrogen-bond donors (Lipinski definition) is 0. The molecule has 0 N–H and O–H groups in total. The highest BCUT2D eigenvalue weighted by Gasteiger charge is 2.09. The summed E-state index contributed by atoms with van der Waals surface area (Å²) in [5.41, 5.74) is 0.922. The van der Waals surface area contributed by atoms with Gasteiger partial charge in [-0.3, -0.25) is 9.78 Å². The molecule has 0 bridgehead atoms. The second-order valence-corrected chi connectivity index (χ2v) is 4.07. The van der Waals surface area contributed by atoms with Crippen molar-refractivity contribution in [1.29, 1.82) is 0 Å². The molecule has 1 aromatic heterocycles. The van der Waals surface area contributed by atoms with Gasteiger partial charge in [0.2, 0.25) is 5.78 Å². The average Bonchev–Trinajstić information content (AvgIpc) is 2.30. The summed E-state index contributed by atoms with van der Waals surface area (Å²) in [6, 6.07) is 9.91. The lowest BCUT2D eigenvalue weighted by Crippen LogP contribution is -2.03. The van der Waals surface area contributed by atoms with Gasteiger partial charge in [-0.15, -0.1) is 0 Å². The molecule has 0 spiro atoms. The molecule has 16 heavy (non-hydrogen) atoms. The van der Waals surface area contributed by atoms with Gasteiger partial charge in [0.05, 0.1) is 5.02 Å². The van der Waals surface area contributed by atoms with Gasteiger partial charge in [-0.25, -0.2) is 0 Å². The van der Waals surface area contributed by atoms with Gasteiger partial charge in [-0.2, -0.15) is 0 Å². The van der Waals surface area contributed by atoms with E-state index in [-0.39, 0.29) is 5.78 Å². The topological polar surface area (TPSA) is 30.0 Å². The van der Waals surface area contributed by atoms with E-state index in [9.17, 15) is 4.79 Å². The molecular formula is C12H7Cl2NO. The van der Waals surface area contributed by atoms with Gasteiger partial charge in [0.1, 0.15) is 5.69 Å². The van der Waals surface area contributed by atoms with Crippen LogP contribution in [-0.4, -0.2) is 10.8 Å². The van der Waals surface area contributed by atoms with E-state index < -0.39 is 0 Å². The molecule has 80 valence electrons. The zero-order valence-corrected chi connectivity index (χ0v) is 9.66. The van der Waals surface area contributed by atoms with Crippen LogP contribution < -0.4 is 0 Å². The number of benzene rings is 1. The number of aromatic nitrogens is 1. The van der Waals surface area contributed by atoms with Crippen LogP contribution in [0, 0.1) is 0 Å². The zero-order valence-electron chi connectivity index (χ0n) is 8.15. The molecule has 0 saturated carbocycles. The number of carbonyl (C=O) groups is 1. The molecule has 0 radical (unpaired) electrons. The maximum atomic E-state index is 11.9. The monoisotopic (exact) mass is 251 g/mol. The largest absolute Gasteiger partial charge is 0.287 e. The summed E-state index contributed by atoms with van der Waals surface area (Å²) < 4.78 is 0. The van der Waals surface area contributed by atoms with E-state index in [1.807, 2.05) is 0 Å². The molecule has 0 atom stereocenters. The van der Waals surface area contributed by atoms with Crippen LogP contribution >= 0.6 is 23.2 Å². The lowest BCUT2D eigenvalue weighted by Gasteiger charge is -2.00. The first-order chi connectivity index (χ1) is 7.66. The molecular weight excluding hydrogens is 245 g/mol. The minimum atomic E-state index is -0.145. The lowest BCUT2D eigenvalue weighted by molar-refractivity contribution is 0.103. The van der Waals surface area contributed by atoms with Crippen LogP contribution in [0.15, 0.2) is 42.6 Å². The van der Waals surface area contributed by atoms with E-state index in [0.717, 1.165) is 0 Å². The Morgan fingerprint density at radius 1 is 0.938 bits per heavy atom. The zero-order chi connectivity index (χ0) is 11.5.